The SMILES string of the molecule is CCSC(C)CC(=O)OC(CC(C)SCC)C(C)C#N. The summed E-state index contributed by atoms with van der Waals surface area (Å²) in [6.07, 6.45) is 0.872. The highest BCUT2D eigenvalue weighted by Gasteiger charge is 2.24. The Balaban J connectivity index is 4.42. The van der Waals surface area contributed by atoms with Crippen LogP contribution in [0.2, 0.25) is 0 Å². The quantitative estimate of drug-likeness (QED) is 0.567. The minimum Gasteiger partial charge on any atom is -0.461 e. The third kappa shape index (κ3) is 8.76. The van der Waals surface area contributed by atoms with E-state index in [4.69, 9.17) is 10.00 Å². The third-order valence-corrected chi connectivity index (χ3v) is 5.13. The first kappa shape index (κ1) is 19.7. The lowest BCUT2D eigenvalue weighted by Crippen LogP contribution is -2.28. The molecule has 4 atom stereocenters. The van der Waals surface area contributed by atoms with Crippen molar-refractivity contribution in [3.8, 4) is 6.07 Å². The zero-order chi connectivity index (χ0) is 15.5. The van der Waals surface area contributed by atoms with Crippen molar-refractivity contribution in [3.05, 3.63) is 0 Å². The van der Waals surface area contributed by atoms with Gasteiger partial charge in [0.1, 0.15) is 6.10 Å². The number of hydrogen-bond acceptors (Lipinski definition) is 5. The summed E-state index contributed by atoms with van der Waals surface area (Å²) in [5.41, 5.74) is 0. The van der Waals surface area contributed by atoms with Crippen LogP contribution in [0.4, 0.5) is 0 Å². The van der Waals surface area contributed by atoms with Crippen LogP contribution in [0.15, 0.2) is 0 Å². The fraction of sp³-hybridized carbons (Fsp3) is 0.867. The van der Waals surface area contributed by atoms with Crippen molar-refractivity contribution in [2.24, 2.45) is 5.92 Å². The second kappa shape index (κ2) is 11.3. The van der Waals surface area contributed by atoms with Crippen molar-refractivity contribution in [2.75, 3.05) is 11.5 Å². The highest BCUT2D eigenvalue weighted by atomic mass is 32.2. The minimum absolute atomic E-state index is 0.181. The maximum Gasteiger partial charge on any atom is 0.307 e. The maximum absolute atomic E-state index is 11.9. The van der Waals surface area contributed by atoms with E-state index in [2.05, 4.69) is 26.8 Å². The molecule has 0 amide bonds. The topological polar surface area (TPSA) is 50.1 Å². The van der Waals surface area contributed by atoms with Crippen LogP contribution in [0.1, 0.15) is 47.5 Å². The summed E-state index contributed by atoms with van der Waals surface area (Å²) in [7, 11) is 0. The van der Waals surface area contributed by atoms with Crippen molar-refractivity contribution in [2.45, 2.75) is 64.1 Å². The second-order valence-electron chi connectivity index (χ2n) is 4.92. The average Bonchev–Trinajstić information content (AvgIpc) is 2.37. The van der Waals surface area contributed by atoms with E-state index >= 15 is 0 Å². The molecule has 0 aromatic rings. The summed E-state index contributed by atoms with van der Waals surface area (Å²) in [4.78, 5) is 11.9. The van der Waals surface area contributed by atoms with Crippen LogP contribution in [0, 0.1) is 17.2 Å². The van der Waals surface area contributed by atoms with Crippen molar-refractivity contribution >= 4 is 29.5 Å². The summed E-state index contributed by atoms with van der Waals surface area (Å²) in [6.45, 7) is 10.2. The summed E-state index contributed by atoms with van der Waals surface area (Å²) in [6, 6.07) is 2.20. The molecule has 4 unspecified atom stereocenters. The molecule has 0 heterocycles. The number of nitrogens with zero attached hydrogens (tertiary/aromatic N) is 1. The number of ether oxygens (including phenoxy) is 1. The molecular formula is C15H27NO2S2. The van der Waals surface area contributed by atoms with E-state index in [1.807, 2.05) is 25.6 Å². The predicted octanol–water partition coefficient (Wildman–Crippen LogP) is 4.12. The molecule has 0 fully saturated rings. The standard InChI is InChI=1S/C15H27NO2S2/c1-6-19-12(4)8-14(11(3)10-16)18-15(17)9-13(5)20-7-2/h11-14H,6-9H2,1-5H3. The molecule has 0 radical (unpaired) electrons. The molecular weight excluding hydrogens is 290 g/mol. The number of thioether (sulfide) groups is 2. The van der Waals surface area contributed by atoms with Crippen LogP contribution >= 0.6 is 23.5 Å². The van der Waals surface area contributed by atoms with Gasteiger partial charge in [-0.2, -0.15) is 28.8 Å². The Bertz CT molecular complexity index is 317. The molecule has 0 spiro atoms. The first-order chi connectivity index (χ1) is 9.44. The Hall–Kier alpha value is -0.340. The smallest absolute Gasteiger partial charge is 0.307 e. The van der Waals surface area contributed by atoms with Crippen LogP contribution in [0.3, 0.4) is 0 Å². The molecule has 0 aromatic heterocycles. The van der Waals surface area contributed by atoms with E-state index < -0.39 is 0 Å². The van der Waals surface area contributed by atoms with Gasteiger partial charge < -0.3 is 4.74 Å². The van der Waals surface area contributed by atoms with Gasteiger partial charge in [0.15, 0.2) is 0 Å². The number of rotatable bonds is 10. The highest BCUT2D eigenvalue weighted by Crippen LogP contribution is 2.22. The molecule has 0 bridgehead atoms. The Labute approximate surface area is 132 Å². The molecule has 0 saturated heterocycles. The molecule has 0 saturated carbocycles. The Morgan fingerprint density at radius 2 is 1.70 bits per heavy atom. The number of carbonyl (C=O) groups excluding carboxylic acids is 1. The molecule has 0 aliphatic rings. The summed E-state index contributed by atoms with van der Waals surface area (Å²) < 4.78 is 5.55. The van der Waals surface area contributed by atoms with Crippen LogP contribution in [-0.2, 0) is 9.53 Å². The van der Waals surface area contributed by atoms with Crippen molar-refractivity contribution in [1.29, 1.82) is 5.26 Å². The van der Waals surface area contributed by atoms with Gasteiger partial charge in [-0.3, -0.25) is 4.79 Å². The fourth-order valence-corrected chi connectivity index (χ4v) is 3.63. The van der Waals surface area contributed by atoms with Gasteiger partial charge >= 0.3 is 5.97 Å². The van der Waals surface area contributed by atoms with E-state index in [0.717, 1.165) is 17.9 Å². The van der Waals surface area contributed by atoms with Gasteiger partial charge in [-0.15, -0.1) is 0 Å². The van der Waals surface area contributed by atoms with Crippen LogP contribution in [0.5, 0.6) is 0 Å². The van der Waals surface area contributed by atoms with Gasteiger partial charge in [-0.05, 0) is 24.9 Å². The summed E-state index contributed by atoms with van der Waals surface area (Å²) in [5.74, 6) is 1.59. The van der Waals surface area contributed by atoms with Gasteiger partial charge in [0.2, 0.25) is 0 Å². The zero-order valence-electron chi connectivity index (χ0n) is 13.2. The van der Waals surface area contributed by atoms with Crippen molar-refractivity contribution < 1.29 is 9.53 Å². The Morgan fingerprint density at radius 1 is 1.15 bits per heavy atom. The molecule has 116 valence electrons. The molecule has 3 nitrogen and oxygen atoms in total. The van der Waals surface area contributed by atoms with Gasteiger partial charge in [0.25, 0.3) is 0 Å². The molecule has 0 aromatic carbocycles. The molecule has 5 heteroatoms. The van der Waals surface area contributed by atoms with Gasteiger partial charge in [-0.1, -0.05) is 27.7 Å². The monoisotopic (exact) mass is 317 g/mol. The summed E-state index contributed by atoms with van der Waals surface area (Å²) >= 11 is 3.58. The fourth-order valence-electron chi connectivity index (χ4n) is 1.91. The maximum atomic E-state index is 11.9. The molecule has 0 aliphatic carbocycles. The lowest BCUT2D eigenvalue weighted by Gasteiger charge is -2.23. The predicted molar refractivity (Wildman–Crippen MR) is 89.1 cm³/mol. The first-order valence-corrected chi connectivity index (χ1v) is 9.36. The third-order valence-electron chi connectivity index (χ3n) is 2.96. The number of carbonyl (C=O) groups is 1. The first-order valence-electron chi connectivity index (χ1n) is 7.26. The number of esters is 1. The van der Waals surface area contributed by atoms with Crippen molar-refractivity contribution in [1.82, 2.24) is 0 Å². The van der Waals surface area contributed by atoms with Gasteiger partial charge in [0, 0.05) is 10.5 Å². The molecule has 20 heavy (non-hydrogen) atoms. The highest BCUT2D eigenvalue weighted by molar-refractivity contribution is 8.00. The van der Waals surface area contributed by atoms with Gasteiger partial charge in [-0.25, -0.2) is 0 Å². The molecule has 0 rings (SSSR count). The van der Waals surface area contributed by atoms with Crippen molar-refractivity contribution in [3.63, 3.8) is 0 Å². The lowest BCUT2D eigenvalue weighted by molar-refractivity contribution is -0.150. The lowest BCUT2D eigenvalue weighted by atomic mass is 10.0. The molecule has 0 N–H and O–H groups in total. The van der Waals surface area contributed by atoms with E-state index in [9.17, 15) is 4.79 Å². The Morgan fingerprint density at radius 3 is 2.20 bits per heavy atom. The summed E-state index contributed by atoms with van der Waals surface area (Å²) in [5, 5.41) is 9.75. The normalized spacial score (nSPS) is 16.8. The van der Waals surface area contributed by atoms with E-state index in [1.54, 1.807) is 11.8 Å². The zero-order valence-corrected chi connectivity index (χ0v) is 14.9. The largest absolute Gasteiger partial charge is 0.461 e. The van der Waals surface area contributed by atoms with Crippen LogP contribution in [-0.4, -0.2) is 34.1 Å². The van der Waals surface area contributed by atoms with Gasteiger partial charge in [0.05, 0.1) is 18.4 Å². The number of nitriles is 1. The van der Waals surface area contributed by atoms with E-state index in [0.29, 0.717) is 11.7 Å². The average molecular weight is 318 g/mol. The van der Waals surface area contributed by atoms with Crippen LogP contribution < -0.4 is 0 Å². The minimum atomic E-state index is -0.291. The molecule has 0 aliphatic heterocycles. The number of hydrogen-bond donors (Lipinski definition) is 0. The van der Waals surface area contributed by atoms with E-state index in [1.165, 1.54) is 0 Å². The van der Waals surface area contributed by atoms with E-state index in [-0.39, 0.29) is 23.2 Å². The Kier molecular flexibility index (Phi) is 11.1. The van der Waals surface area contributed by atoms with Crippen LogP contribution in [0.25, 0.3) is 0 Å². The second-order valence-corrected chi connectivity index (χ2v) is 8.35.